The van der Waals surface area contributed by atoms with E-state index >= 15 is 0 Å². The topological polar surface area (TPSA) is 150 Å². The van der Waals surface area contributed by atoms with E-state index < -0.39 is 23.3 Å². The second kappa shape index (κ2) is 10.1. The van der Waals surface area contributed by atoms with Gasteiger partial charge in [-0.2, -0.15) is 4.98 Å². The number of alkyl halides is 1. The molecule has 0 aliphatic carbocycles. The van der Waals surface area contributed by atoms with E-state index in [0.717, 1.165) is 0 Å². The Bertz CT molecular complexity index is 1180. The van der Waals surface area contributed by atoms with Crippen molar-refractivity contribution in [2.75, 3.05) is 23.7 Å². The minimum atomic E-state index is -1.63. The number of fused-ring (bicyclic) bond motifs is 1. The molecule has 0 unspecified atom stereocenters. The second-order valence-corrected chi connectivity index (χ2v) is 9.90. The molecule has 0 bridgehead atoms. The van der Waals surface area contributed by atoms with Crippen LogP contribution in [0.1, 0.15) is 51.9 Å². The maximum Gasteiger partial charge on any atom is 0.255 e. The first-order valence-electron chi connectivity index (χ1n) is 11.3. The van der Waals surface area contributed by atoms with Gasteiger partial charge in [-0.1, -0.05) is 0 Å². The summed E-state index contributed by atoms with van der Waals surface area (Å²) < 4.78 is 15.8. The zero-order valence-electron chi connectivity index (χ0n) is 20.8. The Balaban J connectivity index is 1.92. The molecule has 0 radical (unpaired) electrons. The molecule has 1 amide bonds. The molecule has 3 aromatic heterocycles. The molecule has 0 fully saturated rings. The van der Waals surface area contributed by atoms with Gasteiger partial charge in [0.2, 0.25) is 5.95 Å². The van der Waals surface area contributed by atoms with Gasteiger partial charge in [-0.3, -0.25) is 9.36 Å². The Hall–Kier alpha value is -3.38. The summed E-state index contributed by atoms with van der Waals surface area (Å²) in [5.41, 5.74) is -0.748. The molecule has 3 heterocycles. The first kappa shape index (κ1) is 26.2. The summed E-state index contributed by atoms with van der Waals surface area (Å²) in [6.45, 7) is 9.80. The van der Waals surface area contributed by atoms with Crippen molar-refractivity contribution in [2.45, 2.75) is 65.0 Å². The second-order valence-electron chi connectivity index (χ2n) is 9.90. The van der Waals surface area contributed by atoms with Crippen LogP contribution in [0, 0.1) is 0 Å². The Kier molecular flexibility index (Phi) is 7.56. The highest BCUT2D eigenvalue weighted by atomic mass is 19.1. The lowest BCUT2D eigenvalue weighted by atomic mass is 10.0. The number of carbonyl (C=O) groups excluding carboxylic acids is 1. The minimum absolute atomic E-state index is 0.00148. The van der Waals surface area contributed by atoms with Crippen molar-refractivity contribution in [2.24, 2.45) is 0 Å². The van der Waals surface area contributed by atoms with E-state index in [1.807, 2.05) is 13.8 Å². The van der Waals surface area contributed by atoms with E-state index in [9.17, 15) is 19.4 Å². The number of hydrogen-bond donors (Lipinski definition) is 5. The van der Waals surface area contributed by atoms with Gasteiger partial charge >= 0.3 is 0 Å². The zero-order chi connectivity index (χ0) is 26.0. The first-order chi connectivity index (χ1) is 16.2. The molecule has 0 aliphatic heterocycles. The molecule has 11 nitrogen and oxygen atoms in total. The average molecular weight is 489 g/mol. The number of aromatic nitrogens is 5. The van der Waals surface area contributed by atoms with Gasteiger partial charge in [0.1, 0.15) is 23.8 Å². The fraction of sp³-hybridized carbons (Fsp3) is 0.522. The van der Waals surface area contributed by atoms with Crippen molar-refractivity contribution in [1.82, 2.24) is 29.8 Å². The number of rotatable bonds is 10. The summed E-state index contributed by atoms with van der Waals surface area (Å²) >= 11 is 0. The van der Waals surface area contributed by atoms with Crippen molar-refractivity contribution in [3.05, 3.63) is 30.4 Å². The number of carbonyl (C=O) groups is 1. The fourth-order valence-electron chi connectivity index (χ4n) is 3.07. The van der Waals surface area contributed by atoms with E-state index in [-0.39, 0.29) is 24.7 Å². The van der Waals surface area contributed by atoms with Crippen LogP contribution in [0.5, 0.6) is 0 Å². The van der Waals surface area contributed by atoms with Crippen LogP contribution in [-0.4, -0.2) is 77.1 Å². The zero-order valence-corrected chi connectivity index (χ0v) is 20.8. The number of amides is 1. The van der Waals surface area contributed by atoms with Gasteiger partial charge in [-0.25, -0.2) is 19.3 Å². The SMILES string of the molecule is CC(C)Nc1cc(-n2cnc3cnc(NCC(C)(C)O)nc32)ncc1C(=O)NC[C@@H](F)C(C)(C)O. The number of aliphatic hydroxyl groups is 2. The molecule has 12 heteroatoms. The molecule has 0 aromatic carbocycles. The van der Waals surface area contributed by atoms with Gasteiger partial charge < -0.3 is 26.2 Å². The number of imidazole rings is 1. The largest absolute Gasteiger partial charge is 0.389 e. The van der Waals surface area contributed by atoms with Crippen LogP contribution in [0.25, 0.3) is 17.0 Å². The van der Waals surface area contributed by atoms with Crippen LogP contribution in [0.3, 0.4) is 0 Å². The van der Waals surface area contributed by atoms with Crippen molar-refractivity contribution in [1.29, 1.82) is 0 Å². The van der Waals surface area contributed by atoms with Gasteiger partial charge in [-0.05, 0) is 41.5 Å². The maximum absolute atomic E-state index is 14.1. The van der Waals surface area contributed by atoms with Gasteiger partial charge in [0.05, 0.1) is 35.2 Å². The van der Waals surface area contributed by atoms with Crippen LogP contribution < -0.4 is 16.0 Å². The van der Waals surface area contributed by atoms with Crippen LogP contribution in [0.2, 0.25) is 0 Å². The molecule has 5 N–H and O–H groups in total. The minimum Gasteiger partial charge on any atom is -0.389 e. The normalized spacial score (nSPS) is 13.2. The van der Waals surface area contributed by atoms with Gasteiger partial charge in [0.15, 0.2) is 5.65 Å². The summed E-state index contributed by atoms with van der Waals surface area (Å²) in [4.78, 5) is 30.2. The molecule has 0 aliphatic rings. The van der Waals surface area contributed by atoms with Crippen LogP contribution in [-0.2, 0) is 0 Å². The van der Waals surface area contributed by atoms with E-state index in [1.165, 1.54) is 20.0 Å². The van der Waals surface area contributed by atoms with E-state index in [0.29, 0.717) is 28.6 Å². The highest BCUT2D eigenvalue weighted by Gasteiger charge is 2.27. The number of anilines is 2. The fourth-order valence-corrected chi connectivity index (χ4v) is 3.07. The van der Waals surface area contributed by atoms with Crippen molar-refractivity contribution < 1.29 is 19.4 Å². The lowest BCUT2D eigenvalue weighted by Gasteiger charge is -2.23. The molecule has 3 aromatic rings. The van der Waals surface area contributed by atoms with Gasteiger partial charge in [0.25, 0.3) is 5.91 Å². The Morgan fingerprint density at radius 3 is 2.49 bits per heavy atom. The number of pyridine rings is 1. The van der Waals surface area contributed by atoms with Gasteiger partial charge in [-0.15, -0.1) is 0 Å². The lowest BCUT2D eigenvalue weighted by Crippen LogP contribution is -2.42. The predicted molar refractivity (Wildman–Crippen MR) is 132 cm³/mol. The van der Waals surface area contributed by atoms with Crippen LogP contribution in [0.15, 0.2) is 24.8 Å². The van der Waals surface area contributed by atoms with Gasteiger partial charge in [0, 0.05) is 24.8 Å². The maximum atomic E-state index is 14.1. The van der Waals surface area contributed by atoms with E-state index in [2.05, 4.69) is 35.9 Å². The summed E-state index contributed by atoms with van der Waals surface area (Å²) in [7, 11) is 0. The third-order valence-corrected chi connectivity index (χ3v) is 5.00. The smallest absolute Gasteiger partial charge is 0.255 e. The first-order valence-corrected chi connectivity index (χ1v) is 11.3. The number of nitrogens with zero attached hydrogens (tertiary/aromatic N) is 5. The summed E-state index contributed by atoms with van der Waals surface area (Å²) in [6.07, 6.45) is 2.89. The number of halogens is 1. The van der Waals surface area contributed by atoms with Crippen LogP contribution in [0.4, 0.5) is 16.0 Å². The third kappa shape index (κ3) is 6.83. The molecule has 35 heavy (non-hydrogen) atoms. The molecule has 3 rings (SSSR count). The Morgan fingerprint density at radius 2 is 1.86 bits per heavy atom. The summed E-state index contributed by atoms with van der Waals surface area (Å²) in [5.74, 6) is 0.264. The molecular formula is C23H33FN8O3. The standard InChI is InChI=1S/C23H33FN8O3/c1-13(2)30-15-7-18(25-8-14(15)20(33)26-10-17(24)23(5,6)35)32-12-29-16-9-27-21(31-19(16)32)28-11-22(3,4)34/h7-9,12-13,17,34-35H,10-11H2,1-6H3,(H,25,30)(H,26,33)(H,27,28,31)/t17-/m1/s1. The third-order valence-electron chi connectivity index (χ3n) is 5.00. The highest BCUT2D eigenvalue weighted by molar-refractivity contribution is 5.99. The van der Waals surface area contributed by atoms with Crippen LogP contribution >= 0.6 is 0 Å². The monoisotopic (exact) mass is 488 g/mol. The molecular weight excluding hydrogens is 455 g/mol. The van der Waals surface area contributed by atoms with Crippen molar-refractivity contribution in [3.8, 4) is 5.82 Å². The Morgan fingerprint density at radius 1 is 1.14 bits per heavy atom. The summed E-state index contributed by atoms with van der Waals surface area (Å²) in [5, 5.41) is 28.5. The molecule has 0 saturated carbocycles. The molecule has 190 valence electrons. The van der Waals surface area contributed by atoms with E-state index in [1.54, 1.807) is 37.0 Å². The quantitative estimate of drug-likeness (QED) is 0.289. The molecule has 1 atom stereocenters. The highest BCUT2D eigenvalue weighted by Crippen LogP contribution is 2.23. The Labute approximate surface area is 203 Å². The van der Waals surface area contributed by atoms with Crippen molar-refractivity contribution in [3.63, 3.8) is 0 Å². The molecule has 0 spiro atoms. The number of hydrogen-bond acceptors (Lipinski definition) is 9. The number of nitrogens with one attached hydrogen (secondary N) is 3. The summed E-state index contributed by atoms with van der Waals surface area (Å²) in [6, 6.07) is 1.69. The predicted octanol–water partition coefficient (Wildman–Crippen LogP) is 2.05. The van der Waals surface area contributed by atoms with E-state index in [4.69, 9.17) is 0 Å². The molecule has 0 saturated heterocycles. The van der Waals surface area contributed by atoms with Crippen molar-refractivity contribution >= 4 is 28.7 Å². The average Bonchev–Trinajstić information content (AvgIpc) is 3.17. The lowest BCUT2D eigenvalue weighted by molar-refractivity contribution is -0.00177.